The van der Waals surface area contributed by atoms with Crippen molar-refractivity contribution < 1.29 is 19.8 Å². The van der Waals surface area contributed by atoms with Gasteiger partial charge in [-0.05, 0) is 19.4 Å². The van der Waals surface area contributed by atoms with Crippen LogP contribution in [-0.4, -0.2) is 41.2 Å². The van der Waals surface area contributed by atoms with Crippen LogP contribution in [0.2, 0.25) is 0 Å². The second kappa shape index (κ2) is 7.01. The van der Waals surface area contributed by atoms with Gasteiger partial charge in [0.05, 0.1) is 19.1 Å². The van der Waals surface area contributed by atoms with Crippen LogP contribution < -0.4 is 5.32 Å². The molecule has 0 heterocycles. The number of aliphatic hydroxyl groups excluding tert-OH is 1. The average Bonchev–Trinajstić information content (AvgIpc) is 2.33. The molecule has 1 unspecified atom stereocenters. The van der Waals surface area contributed by atoms with Crippen LogP contribution in [0.1, 0.15) is 27.9 Å². The smallest absolute Gasteiger partial charge is 0.305 e. The van der Waals surface area contributed by atoms with Gasteiger partial charge in [-0.1, -0.05) is 23.8 Å². The fourth-order valence-corrected chi connectivity index (χ4v) is 1.95. The zero-order chi connectivity index (χ0) is 14.4. The Labute approximate surface area is 112 Å². The zero-order valence-corrected chi connectivity index (χ0v) is 11.1. The van der Waals surface area contributed by atoms with Gasteiger partial charge in [-0.25, -0.2) is 0 Å². The molecular formula is C14H19NO4. The molecule has 0 radical (unpaired) electrons. The van der Waals surface area contributed by atoms with E-state index in [0.29, 0.717) is 5.56 Å². The van der Waals surface area contributed by atoms with Gasteiger partial charge in [-0.3, -0.25) is 9.59 Å². The third-order valence-corrected chi connectivity index (χ3v) is 2.85. The van der Waals surface area contributed by atoms with Crippen LogP contribution in [0.4, 0.5) is 0 Å². The minimum atomic E-state index is -1.05. The van der Waals surface area contributed by atoms with E-state index in [4.69, 9.17) is 10.2 Å². The summed E-state index contributed by atoms with van der Waals surface area (Å²) in [6, 6.07) is 4.61. The van der Waals surface area contributed by atoms with Gasteiger partial charge in [0, 0.05) is 12.1 Å². The molecule has 3 N–H and O–H groups in total. The maximum absolute atomic E-state index is 12.3. The van der Waals surface area contributed by atoms with Crippen molar-refractivity contribution >= 4 is 11.8 Å². The van der Waals surface area contributed by atoms with Crippen LogP contribution in [-0.2, 0) is 4.79 Å². The maximum atomic E-state index is 12.3. The Bertz CT molecular complexity index is 471. The summed E-state index contributed by atoms with van der Waals surface area (Å²) in [5.74, 6) is -1.30. The first-order valence-corrected chi connectivity index (χ1v) is 6.13. The molecule has 0 saturated heterocycles. The first-order valence-electron chi connectivity index (χ1n) is 6.13. The molecule has 0 spiro atoms. The van der Waals surface area contributed by atoms with Crippen LogP contribution in [0.5, 0.6) is 0 Å². The van der Waals surface area contributed by atoms with Crippen LogP contribution in [0, 0.1) is 13.8 Å². The lowest BCUT2D eigenvalue weighted by atomic mass is 9.96. The van der Waals surface area contributed by atoms with Crippen molar-refractivity contribution in [3.05, 3.63) is 34.9 Å². The Morgan fingerprint density at radius 2 is 2.00 bits per heavy atom. The molecule has 19 heavy (non-hydrogen) atoms. The molecule has 0 aromatic heterocycles. The summed E-state index contributed by atoms with van der Waals surface area (Å²) in [5.41, 5.74) is 2.39. The largest absolute Gasteiger partial charge is 0.481 e. The lowest BCUT2D eigenvalue weighted by Crippen LogP contribution is -2.40. The minimum Gasteiger partial charge on any atom is -0.481 e. The van der Waals surface area contributed by atoms with Gasteiger partial charge in [0.25, 0.3) is 0 Å². The van der Waals surface area contributed by atoms with Crippen molar-refractivity contribution in [3.63, 3.8) is 0 Å². The molecule has 0 saturated carbocycles. The number of rotatable bonds is 7. The van der Waals surface area contributed by atoms with Gasteiger partial charge >= 0.3 is 5.97 Å². The van der Waals surface area contributed by atoms with Gasteiger partial charge in [0.1, 0.15) is 0 Å². The van der Waals surface area contributed by atoms with Crippen molar-refractivity contribution in [1.82, 2.24) is 5.32 Å². The second-order valence-corrected chi connectivity index (χ2v) is 4.51. The summed E-state index contributed by atoms with van der Waals surface area (Å²) < 4.78 is 0. The number of carbonyl (C=O) groups excluding carboxylic acids is 1. The molecule has 104 valence electrons. The standard InChI is InChI=1S/C14H19NO4/c1-9-3-4-11(10(2)7-9)14(19)12(8-13(17)18)15-5-6-16/h3-4,7,12,15-16H,5-6,8H2,1-2H3,(H,17,18). The molecule has 0 amide bonds. The van der Waals surface area contributed by atoms with Crippen molar-refractivity contribution in [3.8, 4) is 0 Å². The number of hydrogen-bond acceptors (Lipinski definition) is 4. The number of ketones is 1. The van der Waals surface area contributed by atoms with E-state index < -0.39 is 12.0 Å². The highest BCUT2D eigenvalue weighted by Gasteiger charge is 2.23. The van der Waals surface area contributed by atoms with E-state index in [2.05, 4.69) is 5.32 Å². The number of carboxylic acids is 1. The zero-order valence-electron chi connectivity index (χ0n) is 11.1. The number of benzene rings is 1. The first kappa shape index (κ1) is 15.3. The van der Waals surface area contributed by atoms with Gasteiger partial charge in [0.15, 0.2) is 5.78 Å². The van der Waals surface area contributed by atoms with E-state index >= 15 is 0 Å². The summed E-state index contributed by atoms with van der Waals surface area (Å²) >= 11 is 0. The molecular weight excluding hydrogens is 246 g/mol. The average molecular weight is 265 g/mol. The molecule has 0 aliphatic rings. The van der Waals surface area contributed by atoms with Crippen LogP contribution in [0.3, 0.4) is 0 Å². The Morgan fingerprint density at radius 1 is 1.32 bits per heavy atom. The first-order chi connectivity index (χ1) is 8.95. The molecule has 1 aromatic carbocycles. The maximum Gasteiger partial charge on any atom is 0.305 e. The molecule has 1 aromatic rings. The molecule has 0 bridgehead atoms. The Kier molecular flexibility index (Phi) is 5.66. The number of aryl methyl sites for hydroxylation is 2. The Morgan fingerprint density at radius 3 is 2.53 bits per heavy atom. The van der Waals surface area contributed by atoms with Crippen LogP contribution in [0.15, 0.2) is 18.2 Å². The topological polar surface area (TPSA) is 86.6 Å². The third kappa shape index (κ3) is 4.46. The highest BCUT2D eigenvalue weighted by Crippen LogP contribution is 2.14. The molecule has 1 rings (SSSR count). The highest BCUT2D eigenvalue weighted by molar-refractivity contribution is 6.02. The lowest BCUT2D eigenvalue weighted by molar-refractivity contribution is -0.137. The third-order valence-electron chi connectivity index (χ3n) is 2.85. The van der Waals surface area contributed by atoms with Crippen molar-refractivity contribution in [2.75, 3.05) is 13.2 Å². The van der Waals surface area contributed by atoms with E-state index in [9.17, 15) is 9.59 Å². The van der Waals surface area contributed by atoms with E-state index in [0.717, 1.165) is 11.1 Å². The molecule has 0 fully saturated rings. The van der Waals surface area contributed by atoms with Gasteiger partial charge in [0.2, 0.25) is 0 Å². The van der Waals surface area contributed by atoms with Crippen molar-refractivity contribution in [2.45, 2.75) is 26.3 Å². The predicted octanol–water partition coefficient (Wildman–Crippen LogP) is 0.911. The van der Waals surface area contributed by atoms with Crippen molar-refractivity contribution in [1.29, 1.82) is 0 Å². The highest BCUT2D eigenvalue weighted by atomic mass is 16.4. The predicted molar refractivity (Wildman–Crippen MR) is 71.4 cm³/mol. The number of nitrogens with one attached hydrogen (secondary N) is 1. The summed E-state index contributed by atoms with van der Waals surface area (Å²) in [5, 5.41) is 20.4. The normalized spacial score (nSPS) is 12.2. The van der Waals surface area contributed by atoms with Crippen LogP contribution in [0.25, 0.3) is 0 Å². The van der Waals surface area contributed by atoms with Gasteiger partial charge in [-0.15, -0.1) is 0 Å². The molecule has 1 atom stereocenters. The monoisotopic (exact) mass is 265 g/mol. The quantitative estimate of drug-likeness (QED) is 0.638. The number of Topliss-reactive ketones (excluding diaryl/α,β-unsaturated/α-hetero) is 1. The van der Waals surface area contributed by atoms with E-state index in [1.807, 2.05) is 26.0 Å². The SMILES string of the molecule is Cc1ccc(C(=O)C(CC(=O)O)NCCO)c(C)c1. The lowest BCUT2D eigenvalue weighted by Gasteiger charge is -2.16. The number of carboxylic acid groups (broad SMARTS) is 1. The minimum absolute atomic E-state index is 0.143. The van der Waals surface area contributed by atoms with Gasteiger partial charge < -0.3 is 15.5 Å². The summed E-state index contributed by atoms with van der Waals surface area (Å²) in [7, 11) is 0. The number of hydrogen-bond donors (Lipinski definition) is 3. The van der Waals surface area contributed by atoms with Crippen LogP contribution >= 0.6 is 0 Å². The number of aliphatic hydroxyl groups is 1. The van der Waals surface area contributed by atoms with Crippen molar-refractivity contribution in [2.24, 2.45) is 0 Å². The fourth-order valence-electron chi connectivity index (χ4n) is 1.95. The summed E-state index contributed by atoms with van der Waals surface area (Å²) in [4.78, 5) is 23.1. The number of aliphatic carboxylic acids is 1. The Hall–Kier alpha value is -1.72. The van der Waals surface area contributed by atoms with Gasteiger partial charge in [-0.2, -0.15) is 0 Å². The Balaban J connectivity index is 2.93. The van der Waals surface area contributed by atoms with E-state index in [1.165, 1.54) is 0 Å². The summed E-state index contributed by atoms with van der Waals surface area (Å²) in [6.07, 6.45) is -0.299. The molecule has 5 nitrogen and oxygen atoms in total. The van der Waals surface area contributed by atoms with E-state index in [-0.39, 0.29) is 25.4 Å². The van der Waals surface area contributed by atoms with E-state index in [1.54, 1.807) is 6.07 Å². The summed E-state index contributed by atoms with van der Waals surface area (Å²) in [6.45, 7) is 3.80. The fraction of sp³-hybridized carbons (Fsp3) is 0.429. The molecule has 5 heteroatoms. The molecule has 0 aliphatic heterocycles. The second-order valence-electron chi connectivity index (χ2n) is 4.51. The number of carbonyl (C=O) groups is 2. The molecule has 0 aliphatic carbocycles.